The number of halogens is 3. The second-order valence-corrected chi connectivity index (χ2v) is 9.89. The summed E-state index contributed by atoms with van der Waals surface area (Å²) in [6.45, 7) is 0.493. The zero-order valence-electron chi connectivity index (χ0n) is 21.9. The highest BCUT2D eigenvalue weighted by atomic mass is 19.4. The second-order valence-electron chi connectivity index (χ2n) is 9.89. The fourth-order valence-electron chi connectivity index (χ4n) is 5.23. The summed E-state index contributed by atoms with van der Waals surface area (Å²) in [5.41, 5.74) is 0.977. The predicted octanol–water partition coefficient (Wildman–Crippen LogP) is 4.83. The van der Waals surface area contributed by atoms with Gasteiger partial charge in [-0.05, 0) is 61.4 Å². The number of benzene rings is 1. The molecule has 0 radical (unpaired) electrons. The molecule has 2 heterocycles. The highest BCUT2D eigenvalue weighted by molar-refractivity contribution is 5.92. The van der Waals surface area contributed by atoms with Gasteiger partial charge >= 0.3 is 12.1 Å². The predicted molar refractivity (Wildman–Crippen MR) is 143 cm³/mol. The number of amides is 1. The van der Waals surface area contributed by atoms with E-state index in [2.05, 4.69) is 15.3 Å². The van der Waals surface area contributed by atoms with E-state index in [-0.39, 0.29) is 36.8 Å². The minimum absolute atomic E-state index is 0.0384. The number of alkyl halides is 3. The van der Waals surface area contributed by atoms with E-state index >= 15 is 0 Å². The van der Waals surface area contributed by atoms with Gasteiger partial charge in [0.25, 0.3) is 0 Å². The van der Waals surface area contributed by atoms with Crippen LogP contribution >= 0.6 is 0 Å². The fourth-order valence-corrected chi connectivity index (χ4v) is 5.23. The summed E-state index contributed by atoms with van der Waals surface area (Å²) in [7, 11) is 0. The van der Waals surface area contributed by atoms with E-state index in [1.54, 1.807) is 24.5 Å². The maximum atomic E-state index is 13.2. The molecule has 1 unspecified atom stereocenters. The fraction of sp³-hybridized carbons (Fsp3) is 0.379. The maximum Gasteiger partial charge on any atom is 0.416 e. The third-order valence-corrected chi connectivity index (χ3v) is 7.00. The van der Waals surface area contributed by atoms with Gasteiger partial charge in [0, 0.05) is 43.3 Å². The van der Waals surface area contributed by atoms with E-state index in [9.17, 15) is 27.9 Å². The average molecular weight is 556 g/mol. The van der Waals surface area contributed by atoms with Crippen LogP contribution in [0.15, 0.2) is 73.1 Å². The monoisotopic (exact) mass is 555 g/mol. The number of aromatic nitrogens is 2. The molecule has 1 aliphatic carbocycles. The van der Waals surface area contributed by atoms with Gasteiger partial charge in [-0.3, -0.25) is 29.4 Å². The first-order chi connectivity index (χ1) is 19.2. The van der Waals surface area contributed by atoms with Crippen molar-refractivity contribution in [1.82, 2.24) is 19.8 Å². The first-order valence-corrected chi connectivity index (χ1v) is 13.2. The zero-order chi connectivity index (χ0) is 28.5. The van der Waals surface area contributed by atoms with Crippen molar-refractivity contribution >= 4 is 17.6 Å². The lowest BCUT2D eigenvalue weighted by molar-refractivity contribution is -0.140. The van der Waals surface area contributed by atoms with E-state index < -0.39 is 17.7 Å². The van der Waals surface area contributed by atoms with Crippen LogP contribution in [-0.4, -0.2) is 61.9 Å². The Balaban J connectivity index is 1.56. The van der Waals surface area contributed by atoms with Crippen LogP contribution in [0, 0.1) is 0 Å². The van der Waals surface area contributed by atoms with Crippen LogP contribution in [0.5, 0.6) is 0 Å². The van der Waals surface area contributed by atoms with Gasteiger partial charge in [-0.1, -0.05) is 25.0 Å². The number of carboxylic acid groups (broad SMARTS) is 1. The number of nitrogens with one attached hydrogen (secondary N) is 1. The Morgan fingerprint density at radius 1 is 0.825 bits per heavy atom. The van der Waals surface area contributed by atoms with Crippen molar-refractivity contribution in [3.63, 3.8) is 0 Å². The Kier molecular flexibility index (Phi) is 9.84. The van der Waals surface area contributed by atoms with Crippen LogP contribution in [0.4, 0.5) is 18.9 Å². The molecule has 1 amide bonds. The second kappa shape index (κ2) is 13.5. The largest absolute Gasteiger partial charge is 0.480 e. The molecule has 1 saturated carbocycles. The topological polar surface area (TPSA) is 98.7 Å². The Morgan fingerprint density at radius 2 is 1.35 bits per heavy atom. The van der Waals surface area contributed by atoms with E-state index in [0.29, 0.717) is 13.1 Å². The molecule has 1 aliphatic rings. The highest BCUT2D eigenvalue weighted by Gasteiger charge is 2.36. The number of anilines is 1. The third-order valence-electron chi connectivity index (χ3n) is 7.00. The van der Waals surface area contributed by atoms with Crippen LogP contribution in [0.1, 0.15) is 42.6 Å². The molecular weight excluding hydrogens is 523 g/mol. The molecule has 1 aromatic carbocycles. The summed E-state index contributed by atoms with van der Waals surface area (Å²) < 4.78 is 38.8. The highest BCUT2D eigenvalue weighted by Crippen LogP contribution is 2.31. The summed E-state index contributed by atoms with van der Waals surface area (Å²) in [6, 6.07) is 15.1. The van der Waals surface area contributed by atoms with Crippen LogP contribution in [0.3, 0.4) is 0 Å². The van der Waals surface area contributed by atoms with Gasteiger partial charge in [-0.25, -0.2) is 0 Å². The molecule has 212 valence electrons. The normalized spacial score (nSPS) is 17.6. The summed E-state index contributed by atoms with van der Waals surface area (Å²) in [5.74, 6) is -1.33. The summed E-state index contributed by atoms with van der Waals surface area (Å²) in [6.07, 6.45) is 2.24. The number of carboxylic acids is 1. The SMILES string of the molecule is O=C(O)CN(Cc1ccccn1)C1CCCC[C@H]1N(CC(=O)Nc1ccc(C(F)(F)F)cc1)Cc1ccccn1. The van der Waals surface area contributed by atoms with Crippen molar-refractivity contribution in [3.05, 3.63) is 90.0 Å². The molecule has 2 N–H and O–H groups in total. The summed E-state index contributed by atoms with van der Waals surface area (Å²) in [4.78, 5) is 37.7. The van der Waals surface area contributed by atoms with Crippen molar-refractivity contribution in [3.8, 4) is 0 Å². The molecule has 2 aromatic heterocycles. The number of carbonyl (C=O) groups excluding carboxylic acids is 1. The number of pyridine rings is 2. The third kappa shape index (κ3) is 8.33. The van der Waals surface area contributed by atoms with Crippen LogP contribution in [-0.2, 0) is 28.9 Å². The Morgan fingerprint density at radius 3 is 1.80 bits per heavy atom. The van der Waals surface area contributed by atoms with E-state index in [4.69, 9.17) is 0 Å². The van der Waals surface area contributed by atoms with E-state index in [0.717, 1.165) is 49.2 Å². The molecule has 0 bridgehead atoms. The van der Waals surface area contributed by atoms with Crippen molar-refractivity contribution in [2.75, 3.05) is 18.4 Å². The number of carbonyl (C=O) groups is 2. The minimum atomic E-state index is -4.46. The van der Waals surface area contributed by atoms with Gasteiger partial charge in [-0.15, -0.1) is 0 Å². The summed E-state index contributed by atoms with van der Waals surface area (Å²) >= 11 is 0. The Labute approximate surface area is 230 Å². The van der Waals surface area contributed by atoms with Gasteiger partial charge < -0.3 is 10.4 Å². The molecule has 11 heteroatoms. The molecule has 0 saturated heterocycles. The molecule has 3 aromatic rings. The molecule has 0 aliphatic heterocycles. The van der Waals surface area contributed by atoms with Crippen LogP contribution < -0.4 is 5.32 Å². The molecular formula is C29H32F3N5O3. The molecule has 40 heavy (non-hydrogen) atoms. The number of aliphatic carboxylic acids is 1. The summed E-state index contributed by atoms with van der Waals surface area (Å²) in [5, 5.41) is 12.4. The first-order valence-electron chi connectivity index (χ1n) is 13.2. The van der Waals surface area contributed by atoms with Crippen molar-refractivity contribution < 1.29 is 27.9 Å². The van der Waals surface area contributed by atoms with E-state index in [1.165, 1.54) is 12.1 Å². The lowest BCUT2D eigenvalue weighted by atomic mass is 9.87. The molecule has 2 atom stereocenters. The standard InChI is InChI=1S/C29H32F3N5O3/c30-29(31,32)21-11-13-22(14-12-21)35-27(38)19-36(17-23-7-3-5-15-33-23)25-9-1-2-10-26(25)37(20-28(39)40)18-24-8-4-6-16-34-24/h3-8,11-16,25-26H,1-2,9-10,17-20H2,(H,35,38)(H,39,40)/t25-,26?/m1/s1. The molecule has 8 nitrogen and oxygen atoms in total. The van der Waals surface area contributed by atoms with E-state index in [1.807, 2.05) is 34.1 Å². The van der Waals surface area contributed by atoms with Gasteiger partial charge in [0.15, 0.2) is 0 Å². The van der Waals surface area contributed by atoms with Crippen molar-refractivity contribution in [2.24, 2.45) is 0 Å². The number of nitrogens with zero attached hydrogens (tertiary/aromatic N) is 4. The van der Waals surface area contributed by atoms with Gasteiger partial charge in [0.2, 0.25) is 5.91 Å². The quantitative estimate of drug-likeness (QED) is 0.350. The molecule has 0 spiro atoms. The van der Waals surface area contributed by atoms with Gasteiger partial charge in [0.1, 0.15) is 0 Å². The maximum absolute atomic E-state index is 13.2. The van der Waals surface area contributed by atoms with Gasteiger partial charge in [0.05, 0.1) is 30.0 Å². The zero-order valence-corrected chi connectivity index (χ0v) is 21.9. The Hall–Kier alpha value is -3.83. The first kappa shape index (κ1) is 29.2. The van der Waals surface area contributed by atoms with Gasteiger partial charge in [-0.2, -0.15) is 13.2 Å². The number of hydrogen-bond acceptors (Lipinski definition) is 6. The molecule has 1 fully saturated rings. The minimum Gasteiger partial charge on any atom is -0.480 e. The number of hydrogen-bond donors (Lipinski definition) is 2. The van der Waals surface area contributed by atoms with Crippen molar-refractivity contribution in [1.29, 1.82) is 0 Å². The Bertz CT molecular complexity index is 1240. The average Bonchev–Trinajstić information content (AvgIpc) is 2.93. The van der Waals surface area contributed by atoms with Crippen molar-refractivity contribution in [2.45, 2.75) is 57.0 Å². The number of rotatable bonds is 11. The molecule has 4 rings (SSSR count). The smallest absolute Gasteiger partial charge is 0.416 e. The lowest BCUT2D eigenvalue weighted by Gasteiger charge is -2.44. The van der Waals surface area contributed by atoms with Crippen LogP contribution in [0.25, 0.3) is 0 Å². The lowest BCUT2D eigenvalue weighted by Crippen LogP contribution is -2.55. The van der Waals surface area contributed by atoms with Crippen LogP contribution in [0.2, 0.25) is 0 Å².